The van der Waals surface area contributed by atoms with Crippen LogP contribution in [0, 0.1) is 0 Å². The molecule has 3 aromatic carbocycles. The highest BCUT2D eigenvalue weighted by Gasteiger charge is 2.32. The first kappa shape index (κ1) is 16.8. The standard InChI is InChI=1S/C23H18BrNO/c1-16(26)25-22(19-11-7-12-20(24)14-19)15-18-10-5-6-13-21(18)23(25)17-8-3-2-4-9-17/h2-15,23H,1H3. The van der Waals surface area contributed by atoms with E-state index < -0.39 is 0 Å². The molecular formula is C23H18BrNO. The van der Waals surface area contributed by atoms with E-state index in [-0.39, 0.29) is 11.9 Å². The van der Waals surface area contributed by atoms with Crippen molar-refractivity contribution in [3.8, 4) is 0 Å². The SMILES string of the molecule is CC(=O)N1C(c2cccc(Br)c2)=Cc2ccccc2C1c1ccccc1. The highest BCUT2D eigenvalue weighted by molar-refractivity contribution is 9.10. The number of hydrogen-bond donors (Lipinski definition) is 0. The predicted molar refractivity (Wildman–Crippen MR) is 109 cm³/mol. The summed E-state index contributed by atoms with van der Waals surface area (Å²) in [5.74, 6) is 0.0274. The van der Waals surface area contributed by atoms with Crippen molar-refractivity contribution >= 4 is 33.6 Å². The van der Waals surface area contributed by atoms with Gasteiger partial charge in [0.1, 0.15) is 0 Å². The van der Waals surface area contributed by atoms with E-state index in [1.807, 2.05) is 53.4 Å². The maximum atomic E-state index is 12.7. The normalized spacial score (nSPS) is 16.0. The molecule has 0 fully saturated rings. The first-order valence-electron chi connectivity index (χ1n) is 8.56. The molecule has 0 radical (unpaired) electrons. The molecule has 128 valence electrons. The molecule has 1 amide bonds. The van der Waals surface area contributed by atoms with Gasteiger partial charge in [0.15, 0.2) is 0 Å². The lowest BCUT2D eigenvalue weighted by Gasteiger charge is -2.38. The van der Waals surface area contributed by atoms with Crippen molar-refractivity contribution in [2.45, 2.75) is 13.0 Å². The van der Waals surface area contributed by atoms with Crippen molar-refractivity contribution < 1.29 is 4.79 Å². The van der Waals surface area contributed by atoms with Crippen molar-refractivity contribution in [1.29, 1.82) is 0 Å². The van der Waals surface area contributed by atoms with Crippen LogP contribution in [0.2, 0.25) is 0 Å². The Bertz CT molecular complexity index is 994. The Hall–Kier alpha value is -2.65. The number of carbonyl (C=O) groups is 1. The Morgan fingerprint density at radius 1 is 0.923 bits per heavy atom. The molecule has 3 aromatic rings. The third kappa shape index (κ3) is 2.99. The predicted octanol–water partition coefficient (Wildman–Crippen LogP) is 5.90. The Morgan fingerprint density at radius 2 is 1.65 bits per heavy atom. The molecule has 26 heavy (non-hydrogen) atoms. The summed E-state index contributed by atoms with van der Waals surface area (Å²) >= 11 is 3.55. The van der Waals surface area contributed by atoms with Gasteiger partial charge >= 0.3 is 0 Å². The fourth-order valence-corrected chi connectivity index (χ4v) is 3.97. The summed E-state index contributed by atoms with van der Waals surface area (Å²) in [6.07, 6.45) is 2.11. The van der Waals surface area contributed by atoms with Crippen molar-refractivity contribution in [2.75, 3.05) is 0 Å². The minimum absolute atomic E-state index is 0.0274. The van der Waals surface area contributed by atoms with E-state index in [1.165, 1.54) is 0 Å². The van der Waals surface area contributed by atoms with Crippen LogP contribution in [0.1, 0.15) is 35.2 Å². The highest BCUT2D eigenvalue weighted by Crippen LogP contribution is 2.42. The fraction of sp³-hybridized carbons (Fsp3) is 0.0870. The van der Waals surface area contributed by atoms with Gasteiger partial charge in [0.05, 0.1) is 11.7 Å². The van der Waals surface area contributed by atoms with Crippen molar-refractivity contribution in [3.05, 3.63) is 106 Å². The van der Waals surface area contributed by atoms with E-state index in [1.54, 1.807) is 6.92 Å². The summed E-state index contributed by atoms with van der Waals surface area (Å²) in [6, 6.07) is 26.5. The molecule has 1 unspecified atom stereocenters. The van der Waals surface area contributed by atoms with Gasteiger partial charge in [-0.15, -0.1) is 0 Å². The third-order valence-corrected chi connectivity index (χ3v) is 5.17. The summed E-state index contributed by atoms with van der Waals surface area (Å²) in [5.41, 5.74) is 5.34. The Labute approximate surface area is 161 Å². The van der Waals surface area contributed by atoms with Gasteiger partial charge in [-0.1, -0.05) is 82.7 Å². The molecule has 1 aliphatic rings. The first-order chi connectivity index (χ1) is 12.6. The molecule has 1 atom stereocenters. The largest absolute Gasteiger partial charge is 0.300 e. The van der Waals surface area contributed by atoms with Gasteiger partial charge in [0.2, 0.25) is 5.91 Å². The molecule has 0 saturated carbocycles. The number of carbonyl (C=O) groups excluding carboxylic acids is 1. The van der Waals surface area contributed by atoms with Crippen LogP contribution in [0.3, 0.4) is 0 Å². The number of halogens is 1. The number of nitrogens with zero attached hydrogens (tertiary/aromatic N) is 1. The highest BCUT2D eigenvalue weighted by atomic mass is 79.9. The summed E-state index contributed by atoms with van der Waals surface area (Å²) < 4.78 is 0.995. The molecule has 0 aliphatic carbocycles. The molecule has 1 heterocycles. The number of rotatable bonds is 2. The second-order valence-electron chi connectivity index (χ2n) is 6.37. The number of benzene rings is 3. The zero-order valence-electron chi connectivity index (χ0n) is 14.4. The maximum Gasteiger partial charge on any atom is 0.224 e. The molecule has 4 rings (SSSR count). The van der Waals surface area contributed by atoms with Gasteiger partial charge in [-0.05, 0) is 40.5 Å². The van der Waals surface area contributed by atoms with Crippen LogP contribution < -0.4 is 0 Å². The quantitative estimate of drug-likeness (QED) is 0.521. The van der Waals surface area contributed by atoms with E-state index >= 15 is 0 Å². The molecular weight excluding hydrogens is 386 g/mol. The monoisotopic (exact) mass is 403 g/mol. The molecule has 0 spiro atoms. The molecule has 3 heteroatoms. The summed E-state index contributed by atoms with van der Waals surface area (Å²) in [4.78, 5) is 14.6. The number of amides is 1. The van der Waals surface area contributed by atoms with Gasteiger partial charge in [-0.3, -0.25) is 4.79 Å². The van der Waals surface area contributed by atoms with Gasteiger partial charge < -0.3 is 4.90 Å². The average molecular weight is 404 g/mol. The third-order valence-electron chi connectivity index (χ3n) is 4.68. The van der Waals surface area contributed by atoms with Crippen LogP contribution in [0.25, 0.3) is 11.8 Å². The van der Waals surface area contributed by atoms with E-state index in [2.05, 4.69) is 52.3 Å². The minimum Gasteiger partial charge on any atom is -0.300 e. The second kappa shape index (κ2) is 6.93. The lowest BCUT2D eigenvalue weighted by Crippen LogP contribution is -2.34. The van der Waals surface area contributed by atoms with Crippen LogP contribution in [-0.4, -0.2) is 10.8 Å². The zero-order valence-corrected chi connectivity index (χ0v) is 16.0. The second-order valence-corrected chi connectivity index (χ2v) is 7.29. The molecule has 0 bridgehead atoms. The van der Waals surface area contributed by atoms with E-state index in [0.717, 1.165) is 32.4 Å². The van der Waals surface area contributed by atoms with Crippen LogP contribution in [0.15, 0.2) is 83.3 Å². The number of fused-ring (bicyclic) bond motifs is 1. The zero-order chi connectivity index (χ0) is 18.1. The maximum absolute atomic E-state index is 12.7. The summed E-state index contributed by atoms with van der Waals surface area (Å²) in [7, 11) is 0. The molecule has 0 saturated heterocycles. The van der Waals surface area contributed by atoms with Gasteiger partial charge in [0, 0.05) is 11.4 Å². The molecule has 0 N–H and O–H groups in total. The van der Waals surface area contributed by atoms with Gasteiger partial charge in [-0.25, -0.2) is 0 Å². The smallest absolute Gasteiger partial charge is 0.224 e. The first-order valence-corrected chi connectivity index (χ1v) is 9.36. The van der Waals surface area contributed by atoms with Gasteiger partial charge in [0.25, 0.3) is 0 Å². The van der Waals surface area contributed by atoms with Gasteiger partial charge in [-0.2, -0.15) is 0 Å². The summed E-state index contributed by atoms with van der Waals surface area (Å²) in [6.45, 7) is 1.63. The molecule has 1 aliphatic heterocycles. The molecule has 0 aromatic heterocycles. The summed E-state index contributed by atoms with van der Waals surface area (Å²) in [5, 5.41) is 0. The topological polar surface area (TPSA) is 20.3 Å². The van der Waals surface area contributed by atoms with E-state index in [4.69, 9.17) is 0 Å². The average Bonchev–Trinajstić information content (AvgIpc) is 2.67. The molecule has 2 nitrogen and oxygen atoms in total. The number of hydrogen-bond acceptors (Lipinski definition) is 1. The lowest BCUT2D eigenvalue weighted by molar-refractivity contribution is -0.126. The van der Waals surface area contributed by atoms with E-state index in [0.29, 0.717) is 0 Å². The van der Waals surface area contributed by atoms with Crippen molar-refractivity contribution in [3.63, 3.8) is 0 Å². The fourth-order valence-electron chi connectivity index (χ4n) is 3.57. The van der Waals surface area contributed by atoms with Crippen molar-refractivity contribution in [1.82, 2.24) is 4.90 Å². The Balaban J connectivity index is 1.97. The van der Waals surface area contributed by atoms with Crippen molar-refractivity contribution in [2.24, 2.45) is 0 Å². The van der Waals surface area contributed by atoms with Crippen LogP contribution in [0.4, 0.5) is 0 Å². The lowest BCUT2D eigenvalue weighted by atomic mass is 9.87. The minimum atomic E-state index is -0.135. The van der Waals surface area contributed by atoms with Crippen LogP contribution >= 0.6 is 15.9 Å². The Morgan fingerprint density at radius 3 is 2.38 bits per heavy atom. The van der Waals surface area contributed by atoms with Crippen LogP contribution in [-0.2, 0) is 4.79 Å². The Kier molecular flexibility index (Phi) is 4.48. The van der Waals surface area contributed by atoms with E-state index in [9.17, 15) is 4.79 Å². The van der Waals surface area contributed by atoms with Crippen LogP contribution in [0.5, 0.6) is 0 Å².